The summed E-state index contributed by atoms with van der Waals surface area (Å²) in [6.45, 7) is 2.36. The molecular formula is C17H18F2N2O3S. The summed E-state index contributed by atoms with van der Waals surface area (Å²) in [4.78, 5) is 13.1. The van der Waals surface area contributed by atoms with Gasteiger partial charge in [0.1, 0.15) is 0 Å². The first-order valence-corrected chi connectivity index (χ1v) is 8.94. The van der Waals surface area contributed by atoms with E-state index in [1.54, 1.807) is 7.05 Å². The third-order valence-corrected chi connectivity index (χ3v) is 4.95. The SMILES string of the molecule is Cc1ccc(CN(C)C(=O)Nc2ccc(S(=O)(=O)C(F)F)cc2)cc1. The lowest BCUT2D eigenvalue weighted by atomic mass is 10.1. The predicted octanol–water partition coefficient (Wildman–Crippen LogP) is 3.66. The van der Waals surface area contributed by atoms with Crippen LogP contribution in [0.25, 0.3) is 0 Å². The number of sulfone groups is 1. The summed E-state index contributed by atoms with van der Waals surface area (Å²) in [5, 5.41) is 2.59. The number of aryl methyl sites for hydroxylation is 1. The molecule has 1 N–H and O–H groups in total. The molecule has 0 radical (unpaired) electrons. The average molecular weight is 368 g/mol. The topological polar surface area (TPSA) is 66.5 Å². The number of carbonyl (C=O) groups excluding carboxylic acids is 1. The first-order valence-electron chi connectivity index (χ1n) is 7.40. The Morgan fingerprint density at radius 2 is 1.64 bits per heavy atom. The molecule has 2 aromatic rings. The average Bonchev–Trinajstić information content (AvgIpc) is 2.57. The molecule has 0 saturated carbocycles. The summed E-state index contributed by atoms with van der Waals surface area (Å²) in [7, 11) is -3.02. The number of rotatable bonds is 5. The molecule has 0 saturated heterocycles. The Balaban J connectivity index is 2.01. The number of urea groups is 1. The van der Waals surface area contributed by atoms with Crippen LogP contribution in [0.2, 0.25) is 0 Å². The van der Waals surface area contributed by atoms with Crippen molar-refractivity contribution >= 4 is 21.6 Å². The standard InChI is InChI=1S/C17H18F2N2O3S/c1-12-3-5-13(6-4-12)11-21(2)17(22)20-14-7-9-15(10-8-14)25(23,24)16(18)19/h3-10,16H,11H2,1-2H3,(H,20,22). The van der Waals surface area contributed by atoms with E-state index in [9.17, 15) is 22.0 Å². The van der Waals surface area contributed by atoms with E-state index >= 15 is 0 Å². The third-order valence-electron chi connectivity index (χ3n) is 3.56. The van der Waals surface area contributed by atoms with Gasteiger partial charge in [-0.2, -0.15) is 8.78 Å². The van der Waals surface area contributed by atoms with Gasteiger partial charge in [-0.25, -0.2) is 13.2 Å². The van der Waals surface area contributed by atoms with Gasteiger partial charge in [0.25, 0.3) is 0 Å². The van der Waals surface area contributed by atoms with Crippen molar-refractivity contribution in [3.05, 3.63) is 59.7 Å². The molecule has 0 aliphatic rings. The number of amides is 2. The summed E-state index contributed by atoms with van der Waals surface area (Å²) in [6.07, 6.45) is 0. The Morgan fingerprint density at radius 1 is 1.08 bits per heavy atom. The zero-order chi connectivity index (χ0) is 18.6. The highest BCUT2D eigenvalue weighted by molar-refractivity contribution is 7.91. The van der Waals surface area contributed by atoms with Gasteiger partial charge in [-0.1, -0.05) is 29.8 Å². The van der Waals surface area contributed by atoms with Crippen molar-refractivity contribution in [1.82, 2.24) is 4.90 Å². The second-order valence-electron chi connectivity index (χ2n) is 5.60. The number of alkyl halides is 2. The molecule has 0 aliphatic carbocycles. The van der Waals surface area contributed by atoms with E-state index in [1.807, 2.05) is 31.2 Å². The summed E-state index contributed by atoms with van der Waals surface area (Å²) in [6, 6.07) is 12.0. The Labute approximate surface area is 145 Å². The second-order valence-corrected chi connectivity index (χ2v) is 7.52. The highest BCUT2D eigenvalue weighted by Gasteiger charge is 2.26. The molecule has 0 fully saturated rings. The van der Waals surface area contributed by atoms with E-state index in [2.05, 4.69) is 5.32 Å². The van der Waals surface area contributed by atoms with E-state index in [1.165, 1.54) is 17.0 Å². The van der Waals surface area contributed by atoms with Gasteiger partial charge in [0.2, 0.25) is 9.84 Å². The largest absolute Gasteiger partial charge is 0.341 e. The maximum atomic E-state index is 12.5. The van der Waals surface area contributed by atoms with Crippen LogP contribution in [0.5, 0.6) is 0 Å². The first kappa shape index (κ1) is 18.9. The number of hydrogen-bond donors (Lipinski definition) is 1. The fourth-order valence-electron chi connectivity index (χ4n) is 2.09. The van der Waals surface area contributed by atoms with Crippen molar-refractivity contribution in [2.45, 2.75) is 24.1 Å². The molecule has 134 valence electrons. The molecule has 2 rings (SSSR count). The van der Waals surface area contributed by atoms with Gasteiger partial charge >= 0.3 is 11.8 Å². The normalized spacial score (nSPS) is 11.4. The Kier molecular flexibility index (Phi) is 5.73. The van der Waals surface area contributed by atoms with Crippen molar-refractivity contribution in [3.8, 4) is 0 Å². The fraction of sp³-hybridized carbons (Fsp3) is 0.235. The molecule has 25 heavy (non-hydrogen) atoms. The van der Waals surface area contributed by atoms with E-state index in [-0.39, 0.29) is 0 Å². The Morgan fingerprint density at radius 3 is 2.16 bits per heavy atom. The predicted molar refractivity (Wildman–Crippen MR) is 91.3 cm³/mol. The van der Waals surface area contributed by atoms with Crippen molar-refractivity contribution < 1.29 is 22.0 Å². The molecule has 0 heterocycles. The molecule has 8 heteroatoms. The van der Waals surface area contributed by atoms with Crippen LogP contribution in [-0.4, -0.2) is 32.2 Å². The maximum Gasteiger partial charge on any atom is 0.341 e. The molecular weight excluding hydrogens is 350 g/mol. The molecule has 2 aromatic carbocycles. The van der Waals surface area contributed by atoms with Gasteiger partial charge < -0.3 is 10.2 Å². The quantitative estimate of drug-likeness (QED) is 0.876. The van der Waals surface area contributed by atoms with Crippen LogP contribution < -0.4 is 5.32 Å². The minimum absolute atomic E-state index is 0.314. The van der Waals surface area contributed by atoms with E-state index in [4.69, 9.17) is 0 Å². The lowest BCUT2D eigenvalue weighted by Gasteiger charge is -2.18. The van der Waals surface area contributed by atoms with Crippen LogP contribution in [-0.2, 0) is 16.4 Å². The highest BCUT2D eigenvalue weighted by Crippen LogP contribution is 2.20. The molecule has 0 bridgehead atoms. The zero-order valence-electron chi connectivity index (χ0n) is 13.7. The minimum atomic E-state index is -4.64. The number of halogens is 2. The molecule has 0 aliphatic heterocycles. The number of anilines is 1. The van der Waals surface area contributed by atoms with E-state index < -0.39 is 26.5 Å². The molecule has 0 atom stereocenters. The first-order chi connectivity index (χ1) is 11.7. The van der Waals surface area contributed by atoms with Crippen LogP contribution >= 0.6 is 0 Å². The molecule has 0 unspecified atom stereocenters. The third kappa shape index (κ3) is 4.76. The molecule has 0 aromatic heterocycles. The van der Waals surface area contributed by atoms with Crippen molar-refractivity contribution in [3.63, 3.8) is 0 Å². The van der Waals surface area contributed by atoms with Crippen LogP contribution in [0.3, 0.4) is 0 Å². The monoisotopic (exact) mass is 368 g/mol. The van der Waals surface area contributed by atoms with Crippen LogP contribution in [0.15, 0.2) is 53.4 Å². The van der Waals surface area contributed by atoms with Crippen molar-refractivity contribution in [1.29, 1.82) is 0 Å². The zero-order valence-corrected chi connectivity index (χ0v) is 14.6. The summed E-state index contributed by atoms with van der Waals surface area (Å²) in [5.74, 6) is -3.48. The van der Waals surface area contributed by atoms with Crippen molar-refractivity contribution in [2.75, 3.05) is 12.4 Å². The molecule has 2 amide bonds. The number of carbonyl (C=O) groups is 1. The van der Waals surface area contributed by atoms with Gasteiger partial charge in [-0.3, -0.25) is 0 Å². The van der Waals surface area contributed by atoms with Gasteiger partial charge in [-0.15, -0.1) is 0 Å². The number of benzene rings is 2. The fourth-order valence-corrected chi connectivity index (χ4v) is 2.81. The highest BCUT2D eigenvalue weighted by atomic mass is 32.2. The molecule has 5 nitrogen and oxygen atoms in total. The summed E-state index contributed by atoms with van der Waals surface area (Å²) in [5.41, 5.74) is 2.39. The van der Waals surface area contributed by atoms with Gasteiger partial charge in [0.05, 0.1) is 4.90 Å². The lowest BCUT2D eigenvalue weighted by Crippen LogP contribution is -2.30. The van der Waals surface area contributed by atoms with E-state index in [0.29, 0.717) is 12.2 Å². The smallest absolute Gasteiger partial charge is 0.323 e. The Bertz CT molecular complexity index is 835. The van der Waals surface area contributed by atoms with Crippen LogP contribution in [0, 0.1) is 6.92 Å². The van der Waals surface area contributed by atoms with Gasteiger partial charge in [-0.05, 0) is 36.8 Å². The lowest BCUT2D eigenvalue weighted by molar-refractivity contribution is 0.220. The second kappa shape index (κ2) is 7.60. The van der Waals surface area contributed by atoms with Crippen LogP contribution in [0.4, 0.5) is 19.3 Å². The van der Waals surface area contributed by atoms with Gasteiger partial charge in [0.15, 0.2) is 0 Å². The van der Waals surface area contributed by atoms with Gasteiger partial charge in [0, 0.05) is 19.3 Å². The number of nitrogens with zero attached hydrogens (tertiary/aromatic N) is 1. The summed E-state index contributed by atoms with van der Waals surface area (Å²) >= 11 is 0. The van der Waals surface area contributed by atoms with Crippen molar-refractivity contribution in [2.24, 2.45) is 0 Å². The maximum absolute atomic E-state index is 12.5. The number of nitrogens with one attached hydrogen (secondary N) is 1. The summed E-state index contributed by atoms with van der Waals surface area (Å²) < 4.78 is 47.7. The van der Waals surface area contributed by atoms with Crippen LogP contribution in [0.1, 0.15) is 11.1 Å². The molecule has 0 spiro atoms. The Hall–Kier alpha value is -2.48. The minimum Gasteiger partial charge on any atom is -0.323 e. The van der Waals surface area contributed by atoms with E-state index in [0.717, 1.165) is 23.3 Å². The number of hydrogen-bond acceptors (Lipinski definition) is 3.